The quantitative estimate of drug-likeness (QED) is 0.495. The standard InChI is InChI=1S/C19H17NO3/c1-3-23-12-16-14-9-5-6-10-15(14)18(21)20(19(16)22)17-11-7-4-8-13(17)2/h4-12H,3H2,1-2H3/b16-12+. The molecule has 0 spiro atoms. The molecule has 0 saturated carbocycles. The van der Waals surface area contributed by atoms with Crippen LogP contribution in [0.2, 0.25) is 0 Å². The minimum Gasteiger partial charge on any atom is -0.501 e. The van der Waals surface area contributed by atoms with Crippen molar-refractivity contribution in [2.75, 3.05) is 11.5 Å². The summed E-state index contributed by atoms with van der Waals surface area (Å²) in [4.78, 5) is 27.0. The summed E-state index contributed by atoms with van der Waals surface area (Å²) < 4.78 is 5.33. The number of rotatable bonds is 3. The lowest BCUT2D eigenvalue weighted by atomic mass is 9.93. The van der Waals surface area contributed by atoms with Gasteiger partial charge in [0.05, 0.1) is 24.1 Å². The summed E-state index contributed by atoms with van der Waals surface area (Å²) >= 11 is 0. The Labute approximate surface area is 135 Å². The molecule has 0 aromatic heterocycles. The van der Waals surface area contributed by atoms with Crippen molar-refractivity contribution in [3.8, 4) is 0 Å². The second-order valence-electron chi connectivity index (χ2n) is 5.26. The molecule has 1 aliphatic rings. The molecule has 2 amide bonds. The first kappa shape index (κ1) is 15.0. The Morgan fingerprint density at radius 1 is 0.957 bits per heavy atom. The number of nitrogens with zero attached hydrogens (tertiary/aromatic N) is 1. The van der Waals surface area contributed by atoms with E-state index in [1.165, 1.54) is 11.2 Å². The number of amides is 2. The van der Waals surface area contributed by atoms with Crippen LogP contribution in [0.3, 0.4) is 0 Å². The number of anilines is 1. The number of hydrogen-bond donors (Lipinski definition) is 0. The van der Waals surface area contributed by atoms with Gasteiger partial charge in [-0.05, 0) is 31.5 Å². The second-order valence-corrected chi connectivity index (χ2v) is 5.26. The van der Waals surface area contributed by atoms with E-state index in [1.807, 2.05) is 38.1 Å². The predicted octanol–water partition coefficient (Wildman–Crippen LogP) is 3.56. The van der Waals surface area contributed by atoms with Crippen LogP contribution in [0.25, 0.3) is 5.57 Å². The highest BCUT2D eigenvalue weighted by Gasteiger charge is 2.36. The topological polar surface area (TPSA) is 46.6 Å². The van der Waals surface area contributed by atoms with Gasteiger partial charge in [0.1, 0.15) is 0 Å². The van der Waals surface area contributed by atoms with Crippen LogP contribution >= 0.6 is 0 Å². The monoisotopic (exact) mass is 307 g/mol. The average molecular weight is 307 g/mol. The van der Waals surface area contributed by atoms with E-state index in [0.717, 1.165) is 5.56 Å². The van der Waals surface area contributed by atoms with Gasteiger partial charge in [0, 0.05) is 11.1 Å². The molecule has 0 N–H and O–H groups in total. The van der Waals surface area contributed by atoms with E-state index >= 15 is 0 Å². The first-order valence-electron chi connectivity index (χ1n) is 7.50. The largest absolute Gasteiger partial charge is 0.501 e. The van der Waals surface area contributed by atoms with E-state index < -0.39 is 0 Å². The number of benzene rings is 2. The Kier molecular flexibility index (Phi) is 3.98. The highest BCUT2D eigenvalue weighted by Crippen LogP contribution is 2.33. The Morgan fingerprint density at radius 3 is 2.30 bits per heavy atom. The molecule has 0 radical (unpaired) electrons. The molecule has 4 heteroatoms. The van der Waals surface area contributed by atoms with Crippen molar-refractivity contribution in [1.29, 1.82) is 0 Å². The first-order valence-corrected chi connectivity index (χ1v) is 7.50. The average Bonchev–Trinajstić information content (AvgIpc) is 2.57. The maximum atomic E-state index is 12.9. The zero-order valence-corrected chi connectivity index (χ0v) is 13.1. The molecule has 3 rings (SSSR count). The van der Waals surface area contributed by atoms with Gasteiger partial charge in [-0.3, -0.25) is 9.59 Å². The molecule has 1 heterocycles. The predicted molar refractivity (Wildman–Crippen MR) is 89.0 cm³/mol. The van der Waals surface area contributed by atoms with Crippen LogP contribution in [0, 0.1) is 6.92 Å². The third-order valence-electron chi connectivity index (χ3n) is 3.81. The minimum absolute atomic E-state index is 0.312. The van der Waals surface area contributed by atoms with Crippen molar-refractivity contribution in [3.05, 3.63) is 71.5 Å². The molecule has 4 nitrogen and oxygen atoms in total. The summed E-state index contributed by atoms with van der Waals surface area (Å²) in [7, 11) is 0. The maximum Gasteiger partial charge on any atom is 0.269 e. The molecule has 0 fully saturated rings. The van der Waals surface area contributed by atoms with Crippen molar-refractivity contribution in [2.45, 2.75) is 13.8 Å². The van der Waals surface area contributed by atoms with E-state index in [-0.39, 0.29) is 11.8 Å². The van der Waals surface area contributed by atoms with Crippen molar-refractivity contribution in [3.63, 3.8) is 0 Å². The van der Waals surface area contributed by atoms with E-state index in [4.69, 9.17) is 4.74 Å². The van der Waals surface area contributed by atoms with Crippen LogP contribution in [-0.4, -0.2) is 18.4 Å². The molecular formula is C19H17NO3. The normalized spacial score (nSPS) is 15.7. The molecule has 0 saturated heterocycles. The molecule has 0 atom stereocenters. The van der Waals surface area contributed by atoms with Crippen LogP contribution in [0.4, 0.5) is 5.69 Å². The van der Waals surface area contributed by atoms with Crippen LogP contribution in [0.5, 0.6) is 0 Å². The summed E-state index contributed by atoms with van der Waals surface area (Å²) in [5.41, 5.74) is 2.97. The second kappa shape index (κ2) is 6.08. The van der Waals surface area contributed by atoms with Crippen molar-refractivity contribution >= 4 is 23.1 Å². The number of aryl methyl sites for hydroxylation is 1. The number of hydrogen-bond acceptors (Lipinski definition) is 3. The van der Waals surface area contributed by atoms with Gasteiger partial charge in [0.2, 0.25) is 0 Å². The number of ether oxygens (including phenoxy) is 1. The van der Waals surface area contributed by atoms with Gasteiger partial charge in [0.25, 0.3) is 11.8 Å². The smallest absolute Gasteiger partial charge is 0.269 e. The Bertz CT molecular complexity index is 808. The van der Waals surface area contributed by atoms with Crippen molar-refractivity contribution in [2.24, 2.45) is 0 Å². The number of para-hydroxylation sites is 1. The lowest BCUT2D eigenvalue weighted by Crippen LogP contribution is -2.42. The van der Waals surface area contributed by atoms with Gasteiger partial charge in [0.15, 0.2) is 0 Å². The number of carbonyl (C=O) groups is 2. The Balaban J connectivity index is 2.19. The third-order valence-corrected chi connectivity index (χ3v) is 3.81. The zero-order valence-electron chi connectivity index (χ0n) is 13.1. The summed E-state index contributed by atoms with van der Waals surface area (Å²) in [6.45, 7) is 4.18. The fraction of sp³-hybridized carbons (Fsp3) is 0.158. The van der Waals surface area contributed by atoms with Crippen LogP contribution < -0.4 is 4.90 Å². The molecule has 116 valence electrons. The highest BCUT2D eigenvalue weighted by atomic mass is 16.5. The summed E-state index contributed by atoms with van der Waals surface area (Å²) in [6, 6.07) is 14.4. The molecule has 2 aromatic carbocycles. The molecule has 0 bridgehead atoms. The molecule has 1 aliphatic heterocycles. The summed E-state index contributed by atoms with van der Waals surface area (Å²) in [5, 5.41) is 0. The first-order chi connectivity index (χ1) is 11.1. The van der Waals surface area contributed by atoms with Gasteiger partial charge < -0.3 is 4.74 Å². The van der Waals surface area contributed by atoms with Gasteiger partial charge in [-0.25, -0.2) is 4.90 Å². The molecule has 23 heavy (non-hydrogen) atoms. The fourth-order valence-electron chi connectivity index (χ4n) is 2.67. The third kappa shape index (κ3) is 2.52. The summed E-state index contributed by atoms with van der Waals surface area (Å²) in [6.07, 6.45) is 1.44. The van der Waals surface area contributed by atoms with Crippen LogP contribution in [-0.2, 0) is 9.53 Å². The van der Waals surface area contributed by atoms with E-state index in [9.17, 15) is 9.59 Å². The lowest BCUT2D eigenvalue weighted by molar-refractivity contribution is -0.113. The maximum absolute atomic E-state index is 12.9. The fourth-order valence-corrected chi connectivity index (χ4v) is 2.67. The minimum atomic E-state index is -0.364. The van der Waals surface area contributed by atoms with Gasteiger partial charge in [-0.2, -0.15) is 0 Å². The van der Waals surface area contributed by atoms with Crippen LogP contribution in [0.1, 0.15) is 28.4 Å². The Hall–Kier alpha value is -2.88. The molecule has 0 aliphatic carbocycles. The van der Waals surface area contributed by atoms with E-state index in [0.29, 0.717) is 29.0 Å². The van der Waals surface area contributed by atoms with Gasteiger partial charge in [-0.15, -0.1) is 0 Å². The zero-order chi connectivity index (χ0) is 16.4. The van der Waals surface area contributed by atoms with E-state index in [2.05, 4.69) is 0 Å². The van der Waals surface area contributed by atoms with Gasteiger partial charge >= 0.3 is 0 Å². The van der Waals surface area contributed by atoms with Crippen LogP contribution in [0.15, 0.2) is 54.8 Å². The van der Waals surface area contributed by atoms with Crippen molar-refractivity contribution < 1.29 is 14.3 Å². The molecule has 2 aromatic rings. The Morgan fingerprint density at radius 2 is 1.61 bits per heavy atom. The highest BCUT2D eigenvalue weighted by molar-refractivity contribution is 6.41. The summed E-state index contributed by atoms with van der Waals surface area (Å²) in [5.74, 6) is -0.676. The number of imide groups is 1. The van der Waals surface area contributed by atoms with Gasteiger partial charge in [-0.1, -0.05) is 36.4 Å². The number of fused-ring (bicyclic) bond motifs is 1. The molecule has 0 unspecified atom stereocenters. The van der Waals surface area contributed by atoms with Crippen molar-refractivity contribution in [1.82, 2.24) is 0 Å². The lowest BCUT2D eigenvalue weighted by Gasteiger charge is -2.29. The van der Waals surface area contributed by atoms with E-state index in [1.54, 1.807) is 24.3 Å². The number of carbonyl (C=O) groups excluding carboxylic acids is 2. The molecular weight excluding hydrogens is 290 g/mol. The SMILES string of the molecule is CCO/C=C1/C(=O)N(c2ccccc2C)C(=O)c2ccccc21.